The topological polar surface area (TPSA) is 89.3 Å². The quantitative estimate of drug-likeness (QED) is 0.864. The van der Waals surface area contributed by atoms with E-state index in [9.17, 15) is 13.2 Å². The largest absolute Gasteiger partial charge is 0.349 e. The second-order valence-corrected chi connectivity index (χ2v) is 6.85. The minimum absolute atomic E-state index is 0.0223. The summed E-state index contributed by atoms with van der Waals surface area (Å²) in [6, 6.07) is 1.55. The van der Waals surface area contributed by atoms with Crippen LogP contribution < -0.4 is 10.5 Å². The molecule has 17 heavy (non-hydrogen) atoms. The molecule has 1 saturated carbocycles. The van der Waals surface area contributed by atoms with Gasteiger partial charge in [-0.2, -0.15) is 0 Å². The van der Waals surface area contributed by atoms with Gasteiger partial charge in [0.15, 0.2) is 0 Å². The standard InChI is InChI=1S/C10H14N2O3S2/c11-17(14,15)9-5-7(6-16-9)10(13)12-8-3-1-2-4-8/h5-6,8H,1-4H2,(H,12,13)(H2,11,14,15). The predicted octanol–water partition coefficient (Wildman–Crippen LogP) is 1.07. The Hall–Kier alpha value is -0.920. The van der Waals surface area contributed by atoms with E-state index in [1.165, 1.54) is 11.4 Å². The first-order chi connectivity index (χ1) is 7.97. The highest BCUT2D eigenvalue weighted by Crippen LogP contribution is 2.21. The van der Waals surface area contributed by atoms with Crippen molar-refractivity contribution in [1.29, 1.82) is 0 Å². The summed E-state index contributed by atoms with van der Waals surface area (Å²) < 4.78 is 22.2. The van der Waals surface area contributed by atoms with Crippen LogP contribution in [0.25, 0.3) is 0 Å². The second kappa shape index (κ2) is 4.75. The molecule has 2 rings (SSSR count). The van der Waals surface area contributed by atoms with Crippen molar-refractivity contribution in [3.63, 3.8) is 0 Å². The van der Waals surface area contributed by atoms with Gasteiger partial charge in [0.1, 0.15) is 4.21 Å². The van der Waals surface area contributed by atoms with Crippen molar-refractivity contribution in [3.8, 4) is 0 Å². The zero-order chi connectivity index (χ0) is 12.5. The first-order valence-corrected chi connectivity index (χ1v) is 7.81. The number of thiophene rings is 1. The summed E-state index contributed by atoms with van der Waals surface area (Å²) in [5, 5.41) is 9.39. The molecule has 1 fully saturated rings. The van der Waals surface area contributed by atoms with Gasteiger partial charge in [-0.05, 0) is 18.9 Å². The van der Waals surface area contributed by atoms with Crippen LogP contribution in [0.2, 0.25) is 0 Å². The van der Waals surface area contributed by atoms with Crippen molar-refractivity contribution in [2.75, 3.05) is 0 Å². The van der Waals surface area contributed by atoms with E-state index in [1.807, 2.05) is 0 Å². The Balaban J connectivity index is 2.07. The third-order valence-electron chi connectivity index (χ3n) is 2.81. The molecule has 1 aliphatic rings. The van der Waals surface area contributed by atoms with Crippen LogP contribution in [0.1, 0.15) is 36.0 Å². The Kier molecular flexibility index (Phi) is 3.50. The molecule has 0 spiro atoms. The Labute approximate surface area is 104 Å². The number of carbonyl (C=O) groups is 1. The van der Waals surface area contributed by atoms with Gasteiger partial charge in [-0.25, -0.2) is 13.6 Å². The number of nitrogens with one attached hydrogen (secondary N) is 1. The molecule has 1 heterocycles. The van der Waals surface area contributed by atoms with Crippen molar-refractivity contribution in [2.45, 2.75) is 35.9 Å². The number of hydrogen-bond acceptors (Lipinski definition) is 4. The number of primary sulfonamides is 1. The Morgan fingerprint density at radius 1 is 1.41 bits per heavy atom. The number of nitrogens with two attached hydrogens (primary N) is 1. The average molecular weight is 274 g/mol. The van der Waals surface area contributed by atoms with Crippen LogP contribution >= 0.6 is 11.3 Å². The van der Waals surface area contributed by atoms with Crippen LogP contribution in [0.5, 0.6) is 0 Å². The lowest BCUT2D eigenvalue weighted by Crippen LogP contribution is -2.32. The minimum atomic E-state index is -3.70. The van der Waals surface area contributed by atoms with Crippen LogP contribution in [0.3, 0.4) is 0 Å². The summed E-state index contributed by atoms with van der Waals surface area (Å²) in [5.74, 6) is -0.219. The molecule has 1 amide bonds. The fourth-order valence-corrected chi connectivity index (χ4v) is 3.51. The average Bonchev–Trinajstić information content (AvgIpc) is 2.85. The summed E-state index contributed by atoms with van der Waals surface area (Å²) >= 11 is 0.969. The van der Waals surface area contributed by atoms with Gasteiger partial charge in [-0.3, -0.25) is 4.79 Å². The van der Waals surface area contributed by atoms with Crippen LogP contribution in [-0.2, 0) is 10.0 Å². The summed E-state index contributed by atoms with van der Waals surface area (Å²) in [5.41, 5.74) is 0.367. The lowest BCUT2D eigenvalue weighted by molar-refractivity contribution is 0.0938. The fourth-order valence-electron chi connectivity index (χ4n) is 1.92. The molecule has 0 bridgehead atoms. The van der Waals surface area contributed by atoms with E-state index in [2.05, 4.69) is 5.32 Å². The molecule has 0 aromatic carbocycles. The minimum Gasteiger partial charge on any atom is -0.349 e. The number of hydrogen-bond donors (Lipinski definition) is 2. The van der Waals surface area contributed by atoms with E-state index in [4.69, 9.17) is 5.14 Å². The Morgan fingerprint density at radius 3 is 2.59 bits per heavy atom. The first-order valence-electron chi connectivity index (χ1n) is 5.39. The maximum atomic E-state index is 11.8. The molecule has 3 N–H and O–H groups in total. The van der Waals surface area contributed by atoms with Crippen molar-refractivity contribution in [1.82, 2.24) is 5.32 Å². The predicted molar refractivity (Wildman–Crippen MR) is 65.4 cm³/mol. The lowest BCUT2D eigenvalue weighted by atomic mass is 10.2. The Morgan fingerprint density at radius 2 is 2.06 bits per heavy atom. The molecule has 1 aromatic heterocycles. The van der Waals surface area contributed by atoms with E-state index in [-0.39, 0.29) is 16.2 Å². The lowest BCUT2D eigenvalue weighted by Gasteiger charge is -2.10. The zero-order valence-corrected chi connectivity index (χ0v) is 10.8. The molecule has 1 aromatic rings. The van der Waals surface area contributed by atoms with Gasteiger partial charge < -0.3 is 5.32 Å². The molecule has 0 atom stereocenters. The van der Waals surface area contributed by atoms with Crippen LogP contribution in [0.15, 0.2) is 15.7 Å². The van der Waals surface area contributed by atoms with E-state index >= 15 is 0 Å². The number of carbonyl (C=O) groups excluding carboxylic acids is 1. The van der Waals surface area contributed by atoms with E-state index in [0.717, 1.165) is 37.0 Å². The molecule has 0 saturated heterocycles. The normalized spacial score (nSPS) is 17.2. The molecular weight excluding hydrogens is 260 g/mol. The smallest absolute Gasteiger partial charge is 0.252 e. The molecular formula is C10H14N2O3S2. The first kappa shape index (κ1) is 12.5. The summed E-state index contributed by atoms with van der Waals surface area (Å²) in [4.78, 5) is 11.8. The van der Waals surface area contributed by atoms with Gasteiger partial charge in [0.05, 0.1) is 5.56 Å². The molecule has 7 heteroatoms. The van der Waals surface area contributed by atoms with Crippen LogP contribution in [0.4, 0.5) is 0 Å². The number of rotatable bonds is 3. The zero-order valence-electron chi connectivity index (χ0n) is 9.18. The van der Waals surface area contributed by atoms with Crippen molar-refractivity contribution >= 4 is 27.3 Å². The maximum Gasteiger partial charge on any atom is 0.252 e. The van der Waals surface area contributed by atoms with Gasteiger partial charge in [0, 0.05) is 11.4 Å². The van der Waals surface area contributed by atoms with Crippen LogP contribution in [-0.4, -0.2) is 20.4 Å². The van der Waals surface area contributed by atoms with Gasteiger partial charge in [0.2, 0.25) is 10.0 Å². The highest BCUT2D eigenvalue weighted by atomic mass is 32.2. The molecule has 0 aliphatic heterocycles. The summed E-state index contributed by atoms with van der Waals surface area (Å²) in [6.45, 7) is 0. The van der Waals surface area contributed by atoms with E-state index < -0.39 is 10.0 Å². The monoisotopic (exact) mass is 274 g/mol. The summed E-state index contributed by atoms with van der Waals surface area (Å²) in [6.07, 6.45) is 4.27. The maximum absolute atomic E-state index is 11.8. The van der Waals surface area contributed by atoms with Crippen LogP contribution in [0, 0.1) is 0 Å². The van der Waals surface area contributed by atoms with E-state index in [0.29, 0.717) is 5.56 Å². The van der Waals surface area contributed by atoms with Crippen molar-refractivity contribution < 1.29 is 13.2 Å². The van der Waals surface area contributed by atoms with Gasteiger partial charge in [0.25, 0.3) is 5.91 Å². The third-order valence-corrected chi connectivity index (χ3v) is 5.19. The molecule has 1 aliphatic carbocycles. The number of sulfonamides is 1. The van der Waals surface area contributed by atoms with E-state index in [1.54, 1.807) is 0 Å². The Bertz CT molecular complexity index is 515. The van der Waals surface area contributed by atoms with Crippen molar-refractivity contribution in [3.05, 3.63) is 17.0 Å². The second-order valence-electron chi connectivity index (χ2n) is 4.15. The highest BCUT2D eigenvalue weighted by molar-refractivity contribution is 7.91. The van der Waals surface area contributed by atoms with Gasteiger partial charge in [-0.1, -0.05) is 12.8 Å². The van der Waals surface area contributed by atoms with Gasteiger partial charge >= 0.3 is 0 Å². The third kappa shape index (κ3) is 3.05. The fraction of sp³-hybridized carbons (Fsp3) is 0.500. The number of amides is 1. The van der Waals surface area contributed by atoms with Gasteiger partial charge in [-0.15, -0.1) is 11.3 Å². The molecule has 0 unspecified atom stereocenters. The molecule has 0 radical (unpaired) electrons. The summed E-state index contributed by atoms with van der Waals surface area (Å²) in [7, 11) is -3.70. The highest BCUT2D eigenvalue weighted by Gasteiger charge is 2.20. The van der Waals surface area contributed by atoms with Crippen molar-refractivity contribution in [2.24, 2.45) is 5.14 Å². The molecule has 94 valence electrons. The SMILES string of the molecule is NS(=O)(=O)c1cc(C(=O)NC2CCCC2)cs1. The molecule has 5 nitrogen and oxygen atoms in total.